The molecule has 2 aromatic rings. The van der Waals surface area contributed by atoms with Crippen LogP contribution < -0.4 is 10.1 Å². The van der Waals surface area contributed by atoms with Gasteiger partial charge in [-0.25, -0.2) is 0 Å². The standard InChI is InChI=1S/C21H20ClF3N2O3/c1-3-27(13-19(28)26-15-5-4-6-16(12-15)30-2)20(29)10-8-14-7-9-18(22)17(11-14)21(23,24)25/h4-12H,3,13H2,1-2H3,(H,26,28)/b10-8+. The molecule has 0 aliphatic rings. The lowest BCUT2D eigenvalue weighted by Gasteiger charge is -2.18. The van der Waals surface area contributed by atoms with Crippen LogP contribution in [0, 0.1) is 0 Å². The van der Waals surface area contributed by atoms with Crippen LogP contribution in [-0.4, -0.2) is 36.9 Å². The van der Waals surface area contributed by atoms with E-state index in [0.29, 0.717) is 11.4 Å². The molecule has 0 saturated heterocycles. The predicted molar refractivity (Wildman–Crippen MR) is 109 cm³/mol. The summed E-state index contributed by atoms with van der Waals surface area (Å²) < 4.78 is 43.9. The Morgan fingerprint density at radius 3 is 2.57 bits per heavy atom. The van der Waals surface area contributed by atoms with Crippen LogP contribution in [-0.2, 0) is 15.8 Å². The molecule has 0 aliphatic carbocycles. The molecule has 0 radical (unpaired) electrons. The second-order valence-corrected chi connectivity index (χ2v) is 6.61. The molecule has 1 N–H and O–H groups in total. The van der Waals surface area contributed by atoms with Gasteiger partial charge in [-0.1, -0.05) is 23.7 Å². The van der Waals surface area contributed by atoms with Gasteiger partial charge in [-0.3, -0.25) is 9.59 Å². The number of hydrogen-bond donors (Lipinski definition) is 1. The average molecular weight is 441 g/mol. The molecule has 2 amide bonds. The lowest BCUT2D eigenvalue weighted by atomic mass is 10.1. The number of methoxy groups -OCH3 is 1. The fourth-order valence-electron chi connectivity index (χ4n) is 2.56. The highest BCUT2D eigenvalue weighted by Crippen LogP contribution is 2.35. The number of alkyl halides is 3. The minimum absolute atomic E-state index is 0.164. The van der Waals surface area contributed by atoms with Crippen LogP contribution >= 0.6 is 11.6 Å². The number of hydrogen-bond acceptors (Lipinski definition) is 3. The first kappa shape index (κ1) is 23.3. The van der Waals surface area contributed by atoms with Crippen molar-refractivity contribution in [2.24, 2.45) is 0 Å². The lowest BCUT2D eigenvalue weighted by Crippen LogP contribution is -2.36. The normalized spacial score (nSPS) is 11.4. The molecule has 5 nitrogen and oxygen atoms in total. The van der Waals surface area contributed by atoms with Gasteiger partial charge < -0.3 is 15.0 Å². The highest BCUT2D eigenvalue weighted by molar-refractivity contribution is 6.31. The number of ether oxygens (including phenoxy) is 1. The summed E-state index contributed by atoms with van der Waals surface area (Å²) in [4.78, 5) is 25.9. The van der Waals surface area contributed by atoms with Gasteiger partial charge >= 0.3 is 6.18 Å². The maximum absolute atomic E-state index is 12.9. The van der Waals surface area contributed by atoms with Crippen molar-refractivity contribution >= 4 is 35.2 Å². The van der Waals surface area contributed by atoms with E-state index in [1.54, 1.807) is 31.2 Å². The Balaban J connectivity index is 2.04. The van der Waals surface area contributed by atoms with Crippen molar-refractivity contribution in [3.8, 4) is 5.75 Å². The lowest BCUT2D eigenvalue weighted by molar-refractivity contribution is -0.137. The molecule has 9 heteroatoms. The Labute approximate surface area is 177 Å². The van der Waals surface area contributed by atoms with E-state index in [2.05, 4.69) is 5.32 Å². The van der Waals surface area contributed by atoms with Crippen LogP contribution in [0.5, 0.6) is 5.75 Å². The Bertz CT molecular complexity index is 945. The summed E-state index contributed by atoms with van der Waals surface area (Å²) in [5.41, 5.74) is -0.306. The SMILES string of the molecule is CCN(CC(=O)Nc1cccc(OC)c1)C(=O)/C=C/c1ccc(Cl)c(C(F)(F)F)c1. The minimum atomic E-state index is -4.60. The summed E-state index contributed by atoms with van der Waals surface area (Å²) in [7, 11) is 1.50. The van der Waals surface area contributed by atoms with Gasteiger partial charge in [0.05, 0.1) is 17.7 Å². The zero-order chi connectivity index (χ0) is 22.3. The summed E-state index contributed by atoms with van der Waals surface area (Å²) in [5.74, 6) is -0.361. The first-order valence-electron chi connectivity index (χ1n) is 8.91. The number of carbonyl (C=O) groups is 2. The Hall–Kier alpha value is -3.00. The molecule has 0 atom stereocenters. The molecule has 0 saturated carbocycles. The zero-order valence-electron chi connectivity index (χ0n) is 16.3. The van der Waals surface area contributed by atoms with Gasteiger partial charge in [0.1, 0.15) is 12.3 Å². The summed E-state index contributed by atoms with van der Waals surface area (Å²) in [5, 5.41) is 2.24. The summed E-state index contributed by atoms with van der Waals surface area (Å²) in [6, 6.07) is 10.1. The Kier molecular flexibility index (Phi) is 7.88. The van der Waals surface area contributed by atoms with E-state index in [1.165, 1.54) is 24.2 Å². The van der Waals surface area contributed by atoms with Gasteiger partial charge in [-0.05, 0) is 42.8 Å². The highest BCUT2D eigenvalue weighted by Gasteiger charge is 2.33. The van der Waals surface area contributed by atoms with Crippen molar-refractivity contribution in [3.63, 3.8) is 0 Å². The minimum Gasteiger partial charge on any atom is -0.497 e. The Morgan fingerprint density at radius 1 is 1.20 bits per heavy atom. The second-order valence-electron chi connectivity index (χ2n) is 6.20. The largest absolute Gasteiger partial charge is 0.497 e. The van der Waals surface area contributed by atoms with Gasteiger partial charge in [0.15, 0.2) is 0 Å². The predicted octanol–water partition coefficient (Wildman–Crippen LogP) is 4.87. The third-order valence-corrected chi connectivity index (χ3v) is 4.43. The molecule has 2 aromatic carbocycles. The van der Waals surface area contributed by atoms with Gasteiger partial charge in [0.2, 0.25) is 11.8 Å². The molecule has 160 valence electrons. The van der Waals surface area contributed by atoms with Crippen molar-refractivity contribution in [2.75, 3.05) is 25.5 Å². The fourth-order valence-corrected chi connectivity index (χ4v) is 2.78. The van der Waals surface area contributed by atoms with Crippen LogP contribution in [0.15, 0.2) is 48.5 Å². The third-order valence-electron chi connectivity index (χ3n) is 4.10. The molecular weight excluding hydrogens is 421 g/mol. The van der Waals surface area contributed by atoms with E-state index in [1.807, 2.05) is 0 Å². The van der Waals surface area contributed by atoms with E-state index in [-0.39, 0.29) is 18.7 Å². The number of benzene rings is 2. The van der Waals surface area contributed by atoms with E-state index in [4.69, 9.17) is 16.3 Å². The molecule has 0 aromatic heterocycles. The monoisotopic (exact) mass is 440 g/mol. The first-order valence-corrected chi connectivity index (χ1v) is 9.29. The van der Waals surface area contributed by atoms with Gasteiger partial charge in [-0.2, -0.15) is 13.2 Å². The van der Waals surface area contributed by atoms with Crippen LogP contribution in [0.1, 0.15) is 18.1 Å². The zero-order valence-corrected chi connectivity index (χ0v) is 17.1. The molecule has 0 aliphatic heterocycles. The van der Waals surface area contributed by atoms with Crippen molar-refractivity contribution < 1.29 is 27.5 Å². The molecule has 0 fully saturated rings. The van der Waals surface area contributed by atoms with E-state index >= 15 is 0 Å². The second kappa shape index (κ2) is 10.2. The summed E-state index contributed by atoms with van der Waals surface area (Å²) >= 11 is 5.59. The molecule has 0 bridgehead atoms. The van der Waals surface area contributed by atoms with Crippen molar-refractivity contribution in [1.82, 2.24) is 4.90 Å². The highest BCUT2D eigenvalue weighted by atomic mass is 35.5. The molecule has 0 heterocycles. The maximum atomic E-state index is 12.9. The molecule has 0 spiro atoms. The van der Waals surface area contributed by atoms with Crippen LogP contribution in [0.3, 0.4) is 0 Å². The van der Waals surface area contributed by atoms with E-state index in [0.717, 1.165) is 18.2 Å². The number of amides is 2. The molecule has 30 heavy (non-hydrogen) atoms. The quantitative estimate of drug-likeness (QED) is 0.625. The fraction of sp³-hybridized carbons (Fsp3) is 0.238. The maximum Gasteiger partial charge on any atom is 0.417 e. The van der Waals surface area contributed by atoms with Crippen LogP contribution in [0.25, 0.3) is 6.08 Å². The van der Waals surface area contributed by atoms with Crippen molar-refractivity contribution in [1.29, 1.82) is 0 Å². The van der Waals surface area contributed by atoms with E-state index in [9.17, 15) is 22.8 Å². The molecular formula is C21H20ClF3N2O3. The summed E-state index contributed by atoms with van der Waals surface area (Å²) in [6.45, 7) is 1.71. The van der Waals surface area contributed by atoms with Gasteiger partial charge in [0.25, 0.3) is 0 Å². The van der Waals surface area contributed by atoms with Crippen molar-refractivity contribution in [2.45, 2.75) is 13.1 Å². The smallest absolute Gasteiger partial charge is 0.417 e. The topological polar surface area (TPSA) is 58.6 Å². The molecule has 2 rings (SSSR count). The first-order chi connectivity index (χ1) is 14.1. The van der Waals surface area contributed by atoms with E-state index < -0.39 is 28.6 Å². The van der Waals surface area contributed by atoms with Gasteiger partial charge in [-0.15, -0.1) is 0 Å². The van der Waals surface area contributed by atoms with Crippen LogP contribution in [0.2, 0.25) is 5.02 Å². The summed E-state index contributed by atoms with van der Waals surface area (Å²) in [6.07, 6.45) is -2.24. The Morgan fingerprint density at radius 2 is 1.93 bits per heavy atom. The van der Waals surface area contributed by atoms with Crippen molar-refractivity contribution in [3.05, 3.63) is 64.7 Å². The number of halogens is 4. The average Bonchev–Trinajstić information content (AvgIpc) is 2.70. The number of carbonyl (C=O) groups excluding carboxylic acids is 2. The third kappa shape index (κ3) is 6.52. The number of anilines is 1. The van der Waals surface area contributed by atoms with Crippen LogP contribution in [0.4, 0.5) is 18.9 Å². The number of likely N-dealkylation sites (N-methyl/N-ethyl adjacent to an activating group) is 1. The van der Waals surface area contributed by atoms with Gasteiger partial charge in [0, 0.05) is 24.4 Å². The number of nitrogens with zero attached hydrogens (tertiary/aromatic N) is 1. The number of nitrogens with one attached hydrogen (secondary N) is 1. The molecule has 0 unspecified atom stereocenters. The number of rotatable bonds is 7.